The summed E-state index contributed by atoms with van der Waals surface area (Å²) in [6, 6.07) is 3.09. The Bertz CT molecular complexity index is 469. The molecule has 15 heavy (non-hydrogen) atoms. The van der Waals surface area contributed by atoms with E-state index >= 15 is 0 Å². The van der Waals surface area contributed by atoms with E-state index in [1.54, 1.807) is 12.3 Å². The smallest absolute Gasteiger partial charge is 0.271 e. The van der Waals surface area contributed by atoms with Crippen molar-refractivity contribution in [3.8, 4) is 0 Å². The van der Waals surface area contributed by atoms with Crippen molar-refractivity contribution < 1.29 is 22.3 Å². The van der Waals surface area contributed by atoms with Crippen LogP contribution in [0.5, 0.6) is 0 Å². The van der Waals surface area contributed by atoms with Crippen molar-refractivity contribution in [1.29, 1.82) is 0 Å². The van der Waals surface area contributed by atoms with Gasteiger partial charge < -0.3 is 5.73 Å². The van der Waals surface area contributed by atoms with Crippen LogP contribution in [0.3, 0.4) is 0 Å². The minimum Gasteiger partial charge on any atom is -0.365 e. The second kappa shape index (κ2) is 4.37. The van der Waals surface area contributed by atoms with E-state index in [1.165, 1.54) is 16.8 Å². The molecule has 82 valence electrons. The van der Waals surface area contributed by atoms with Crippen molar-refractivity contribution in [2.75, 3.05) is 5.75 Å². The van der Waals surface area contributed by atoms with E-state index in [1.807, 2.05) is 0 Å². The van der Waals surface area contributed by atoms with Crippen LogP contribution in [0.4, 0.5) is 0 Å². The first kappa shape index (κ1) is 11.6. The molecule has 3 N–H and O–H groups in total. The van der Waals surface area contributed by atoms with Crippen LogP contribution >= 0.6 is 0 Å². The van der Waals surface area contributed by atoms with Crippen LogP contribution in [0.2, 0.25) is 0 Å². The fraction of sp³-hybridized carbons (Fsp3) is 0.250. The highest BCUT2D eigenvalue weighted by atomic mass is 32.2. The highest BCUT2D eigenvalue weighted by Crippen LogP contribution is 1.92. The number of amides is 1. The summed E-state index contributed by atoms with van der Waals surface area (Å²) in [4.78, 5) is 10.8. The average molecular weight is 231 g/mol. The lowest BCUT2D eigenvalue weighted by atomic mass is 10.3. The molecule has 0 aliphatic rings. The average Bonchev–Trinajstić information content (AvgIpc) is 2.14. The summed E-state index contributed by atoms with van der Waals surface area (Å²) < 4.78 is 30.9. The number of rotatable bonds is 4. The van der Waals surface area contributed by atoms with Gasteiger partial charge in [-0.3, -0.25) is 9.35 Å². The number of pyridine rings is 1. The van der Waals surface area contributed by atoms with E-state index in [-0.39, 0.29) is 12.1 Å². The van der Waals surface area contributed by atoms with Crippen LogP contribution in [0.15, 0.2) is 24.5 Å². The Balaban J connectivity index is 2.79. The van der Waals surface area contributed by atoms with Gasteiger partial charge in [0.05, 0.1) is 0 Å². The molecular weight excluding hydrogens is 220 g/mol. The van der Waals surface area contributed by atoms with E-state index in [2.05, 4.69) is 0 Å². The molecule has 1 heterocycles. The van der Waals surface area contributed by atoms with Gasteiger partial charge in [0.1, 0.15) is 11.3 Å². The first-order valence-electron chi connectivity index (χ1n) is 4.12. The quantitative estimate of drug-likeness (QED) is 0.510. The zero-order valence-electron chi connectivity index (χ0n) is 7.83. The van der Waals surface area contributed by atoms with Gasteiger partial charge in [-0.05, 0) is 6.07 Å². The second-order valence-electron chi connectivity index (χ2n) is 2.98. The number of hydrogen-bond acceptors (Lipinski definition) is 3. The largest absolute Gasteiger partial charge is 0.365 e. The first-order chi connectivity index (χ1) is 6.88. The van der Waals surface area contributed by atoms with Gasteiger partial charge in [-0.15, -0.1) is 0 Å². The summed E-state index contributed by atoms with van der Waals surface area (Å²) in [5.41, 5.74) is 5.33. The van der Waals surface area contributed by atoms with E-state index in [0.29, 0.717) is 0 Å². The Morgan fingerprint density at radius 3 is 2.73 bits per heavy atom. The molecule has 0 unspecified atom stereocenters. The van der Waals surface area contributed by atoms with E-state index < -0.39 is 21.8 Å². The van der Waals surface area contributed by atoms with Crippen LogP contribution in [0, 0.1) is 0 Å². The molecule has 0 aliphatic heterocycles. The van der Waals surface area contributed by atoms with Crippen molar-refractivity contribution >= 4 is 16.0 Å². The molecule has 0 aromatic carbocycles. The molecule has 0 fully saturated rings. The van der Waals surface area contributed by atoms with Gasteiger partial charge in [-0.25, -0.2) is 4.57 Å². The Kier molecular flexibility index (Phi) is 3.38. The molecular formula is C8H11N2O4S+. The molecule has 0 atom stereocenters. The fourth-order valence-corrected chi connectivity index (χ4v) is 1.47. The number of aromatic nitrogens is 1. The fourth-order valence-electron chi connectivity index (χ4n) is 1.03. The standard InChI is InChI=1S/C8H10N2O4S/c9-8(11)7-2-1-3-10(6-7)4-5-15(12,13)14/h1-3,6H,4-5H2,(H2-,9,11,12,13,14)/p+1. The van der Waals surface area contributed by atoms with Crippen LogP contribution < -0.4 is 10.3 Å². The predicted octanol–water partition coefficient (Wildman–Crippen LogP) is -1.04. The maximum Gasteiger partial charge on any atom is 0.271 e. The highest BCUT2D eigenvalue weighted by Gasteiger charge is 2.11. The molecule has 1 aromatic heterocycles. The van der Waals surface area contributed by atoms with Crippen molar-refractivity contribution in [3.63, 3.8) is 0 Å². The summed E-state index contributed by atoms with van der Waals surface area (Å²) in [5.74, 6) is -0.990. The van der Waals surface area contributed by atoms with Gasteiger partial charge in [0.15, 0.2) is 18.9 Å². The Labute approximate surface area is 87.1 Å². The van der Waals surface area contributed by atoms with E-state index in [0.717, 1.165) is 0 Å². The lowest BCUT2D eigenvalue weighted by Crippen LogP contribution is -2.37. The van der Waals surface area contributed by atoms with Crippen molar-refractivity contribution in [3.05, 3.63) is 30.1 Å². The molecule has 1 rings (SSSR count). The predicted molar refractivity (Wildman–Crippen MR) is 51.6 cm³/mol. The highest BCUT2D eigenvalue weighted by molar-refractivity contribution is 7.85. The monoisotopic (exact) mass is 231 g/mol. The molecule has 6 nitrogen and oxygen atoms in total. The maximum absolute atomic E-state index is 10.8. The molecule has 0 saturated carbocycles. The number of primary amides is 1. The minimum absolute atomic E-state index is 0.0694. The number of hydrogen-bond donors (Lipinski definition) is 2. The van der Waals surface area contributed by atoms with Crippen LogP contribution in [-0.2, 0) is 16.7 Å². The Hall–Kier alpha value is -1.47. The Morgan fingerprint density at radius 1 is 1.53 bits per heavy atom. The van der Waals surface area contributed by atoms with Gasteiger partial charge in [-0.1, -0.05) is 0 Å². The molecule has 0 radical (unpaired) electrons. The van der Waals surface area contributed by atoms with Gasteiger partial charge >= 0.3 is 0 Å². The third-order valence-electron chi connectivity index (χ3n) is 1.75. The summed E-state index contributed by atoms with van der Waals surface area (Å²) in [7, 11) is -3.99. The summed E-state index contributed by atoms with van der Waals surface area (Å²) >= 11 is 0. The second-order valence-corrected chi connectivity index (χ2v) is 4.55. The third kappa shape index (κ3) is 4.05. The lowest BCUT2D eigenvalue weighted by molar-refractivity contribution is -0.692. The van der Waals surface area contributed by atoms with Crippen LogP contribution in [0.25, 0.3) is 0 Å². The first-order valence-corrected chi connectivity index (χ1v) is 5.73. The molecule has 0 spiro atoms. The van der Waals surface area contributed by atoms with Gasteiger partial charge in [0.25, 0.3) is 16.0 Å². The van der Waals surface area contributed by atoms with Crippen molar-refractivity contribution in [2.45, 2.75) is 6.54 Å². The Morgan fingerprint density at radius 2 is 2.20 bits per heavy atom. The van der Waals surface area contributed by atoms with Crippen LogP contribution in [0.1, 0.15) is 10.4 Å². The zero-order valence-corrected chi connectivity index (χ0v) is 8.64. The zero-order chi connectivity index (χ0) is 11.5. The molecule has 0 saturated heterocycles. The van der Waals surface area contributed by atoms with Crippen molar-refractivity contribution in [1.82, 2.24) is 0 Å². The summed E-state index contributed by atoms with van der Waals surface area (Å²) in [6.07, 6.45) is 3.01. The molecule has 7 heteroatoms. The number of aryl methyl sites for hydroxylation is 1. The minimum atomic E-state index is -3.99. The molecule has 1 amide bonds. The molecule has 1 aromatic rings. The number of carbonyl (C=O) groups is 1. The summed E-state index contributed by atoms with van der Waals surface area (Å²) in [6.45, 7) is 0.0694. The molecule has 0 aliphatic carbocycles. The maximum atomic E-state index is 10.8. The summed E-state index contributed by atoms with van der Waals surface area (Å²) in [5, 5.41) is 0. The topological polar surface area (TPSA) is 101 Å². The lowest BCUT2D eigenvalue weighted by Gasteiger charge is -1.96. The van der Waals surface area contributed by atoms with Crippen LogP contribution in [-0.4, -0.2) is 24.6 Å². The van der Waals surface area contributed by atoms with Crippen molar-refractivity contribution in [2.24, 2.45) is 5.73 Å². The van der Waals surface area contributed by atoms with Gasteiger partial charge in [0, 0.05) is 6.07 Å². The normalized spacial score (nSPS) is 11.3. The molecule has 0 bridgehead atoms. The number of nitrogens with two attached hydrogens (primary N) is 1. The van der Waals surface area contributed by atoms with Gasteiger partial charge in [0.2, 0.25) is 0 Å². The number of carbonyl (C=O) groups excluding carboxylic acids is 1. The number of nitrogens with zero attached hydrogens (tertiary/aromatic N) is 1. The van der Waals surface area contributed by atoms with E-state index in [9.17, 15) is 13.2 Å². The van der Waals surface area contributed by atoms with Gasteiger partial charge in [-0.2, -0.15) is 8.42 Å². The third-order valence-corrected chi connectivity index (χ3v) is 2.45. The van der Waals surface area contributed by atoms with E-state index in [4.69, 9.17) is 10.3 Å². The SMILES string of the molecule is NC(=O)c1ccc[n+](CCS(=O)(=O)O)c1.